The van der Waals surface area contributed by atoms with Gasteiger partial charge in [-0.05, 0) is 75.6 Å². The Morgan fingerprint density at radius 3 is 2.50 bits per heavy atom. The summed E-state index contributed by atoms with van der Waals surface area (Å²) in [5.74, 6) is -0.418. The molecule has 5 nitrogen and oxygen atoms in total. The molecule has 182 valence electrons. The van der Waals surface area contributed by atoms with Gasteiger partial charge in [0.05, 0.1) is 26.4 Å². The van der Waals surface area contributed by atoms with Crippen LogP contribution in [0.15, 0.2) is 82.0 Å². The van der Waals surface area contributed by atoms with Crippen molar-refractivity contribution in [1.29, 1.82) is 0 Å². The van der Waals surface area contributed by atoms with Gasteiger partial charge in [-0.2, -0.15) is 0 Å². The second-order valence-corrected chi connectivity index (χ2v) is 10.9. The highest BCUT2D eigenvalue weighted by molar-refractivity contribution is 14.1. The largest absolute Gasteiger partial charge is 0.487 e. The molecule has 0 aromatic heterocycles. The Labute approximate surface area is 231 Å². The van der Waals surface area contributed by atoms with Crippen LogP contribution in [-0.4, -0.2) is 18.9 Å². The molecule has 5 rings (SSSR count). The molecule has 1 atom stereocenters. The van der Waals surface area contributed by atoms with Crippen LogP contribution in [0.2, 0.25) is 0 Å². The summed E-state index contributed by atoms with van der Waals surface area (Å²) < 4.78 is 12.9. The Morgan fingerprint density at radius 1 is 1.06 bits per heavy atom. The number of rotatable bonds is 5. The zero-order chi connectivity index (χ0) is 25.6. The molecule has 0 spiro atoms. The van der Waals surface area contributed by atoms with Gasteiger partial charge in [-0.25, -0.2) is 4.79 Å². The predicted octanol–water partition coefficient (Wildman–Crippen LogP) is 6.68. The Bertz CT molecular complexity index is 1470. The van der Waals surface area contributed by atoms with E-state index in [2.05, 4.69) is 62.9 Å². The van der Waals surface area contributed by atoms with Crippen LogP contribution in [-0.2, 0) is 16.1 Å². The molecule has 2 aliphatic rings. The fraction of sp³-hybridized carbons (Fsp3) is 0.172. The molecule has 1 aliphatic heterocycles. The Balaban J connectivity index is 1.58. The number of allylic oxidation sites excluding steroid dienone is 2. The molecular weight excluding hydrogens is 633 g/mol. The number of hydrogen-bond acceptors (Lipinski definition) is 5. The van der Waals surface area contributed by atoms with Crippen LogP contribution in [0.3, 0.4) is 0 Å². The first-order chi connectivity index (χ1) is 17.3. The number of hydrogen-bond donors (Lipinski definition) is 1. The number of esters is 1. The van der Waals surface area contributed by atoms with E-state index in [9.17, 15) is 9.59 Å². The molecule has 3 aromatic rings. The summed E-state index contributed by atoms with van der Waals surface area (Å²) in [6, 6.07) is 19.6. The van der Waals surface area contributed by atoms with Crippen molar-refractivity contribution in [3.63, 3.8) is 0 Å². The molecule has 0 radical (unpaired) electrons. The van der Waals surface area contributed by atoms with E-state index >= 15 is 0 Å². The summed E-state index contributed by atoms with van der Waals surface area (Å²) >= 11 is 5.92. The lowest BCUT2D eigenvalue weighted by atomic mass is 9.80. The Hall–Kier alpha value is -2.91. The molecular formula is C29H23BrINO4. The van der Waals surface area contributed by atoms with Crippen molar-refractivity contribution in [1.82, 2.24) is 5.32 Å². The van der Waals surface area contributed by atoms with Crippen molar-refractivity contribution in [3.05, 3.63) is 113 Å². The molecule has 0 saturated heterocycles. The highest BCUT2D eigenvalue weighted by atomic mass is 127. The number of carbonyl (C=O) groups is 2. The number of fused-ring (bicyclic) bond motifs is 2. The number of halogens is 2. The number of methoxy groups -OCH3 is 1. The smallest absolute Gasteiger partial charge is 0.336 e. The molecule has 1 aliphatic carbocycles. The summed E-state index contributed by atoms with van der Waals surface area (Å²) in [5, 5.41) is 3.31. The van der Waals surface area contributed by atoms with Crippen LogP contribution in [0.5, 0.6) is 5.75 Å². The summed E-state index contributed by atoms with van der Waals surface area (Å²) in [6.07, 6.45) is 0. The standard InChI is InChI=1S/C29H23BrINO4/c1-15-7-6-8-17(11-15)14-36-28-21(30)12-18(13-22(28)31)24-23(29(34)35-3)16(2)32-26-19-9-4-5-10-20(19)27(33)25(24)26/h4-13,24,32H,14H2,1-3H3/t24-/m0/s1. The van der Waals surface area contributed by atoms with Crippen molar-refractivity contribution in [2.45, 2.75) is 26.4 Å². The van der Waals surface area contributed by atoms with Gasteiger partial charge >= 0.3 is 5.97 Å². The third-order valence-corrected chi connectivity index (χ3v) is 7.86. The molecule has 0 bridgehead atoms. The monoisotopic (exact) mass is 655 g/mol. The van der Waals surface area contributed by atoms with Gasteiger partial charge in [0.15, 0.2) is 5.78 Å². The number of dihydropyridines is 1. The topological polar surface area (TPSA) is 64.6 Å². The van der Waals surface area contributed by atoms with Gasteiger partial charge in [-0.3, -0.25) is 4.79 Å². The average molecular weight is 656 g/mol. The molecule has 0 unspecified atom stereocenters. The van der Waals surface area contributed by atoms with Gasteiger partial charge in [0.25, 0.3) is 0 Å². The highest BCUT2D eigenvalue weighted by Gasteiger charge is 2.43. The van der Waals surface area contributed by atoms with Crippen molar-refractivity contribution < 1.29 is 19.1 Å². The summed E-state index contributed by atoms with van der Waals surface area (Å²) in [4.78, 5) is 26.6. The zero-order valence-electron chi connectivity index (χ0n) is 19.9. The molecule has 0 amide bonds. The number of carbonyl (C=O) groups excluding carboxylic acids is 2. The van der Waals surface area contributed by atoms with Crippen molar-refractivity contribution >= 4 is 56.0 Å². The number of ether oxygens (including phenoxy) is 2. The molecule has 0 saturated carbocycles. The Kier molecular flexibility index (Phi) is 6.78. The highest BCUT2D eigenvalue weighted by Crippen LogP contribution is 2.48. The fourth-order valence-electron chi connectivity index (χ4n) is 4.88. The van der Waals surface area contributed by atoms with Gasteiger partial charge in [-0.1, -0.05) is 54.1 Å². The minimum Gasteiger partial charge on any atom is -0.487 e. The predicted molar refractivity (Wildman–Crippen MR) is 151 cm³/mol. The van der Waals surface area contributed by atoms with E-state index in [1.165, 1.54) is 12.7 Å². The van der Waals surface area contributed by atoms with Crippen LogP contribution < -0.4 is 10.1 Å². The van der Waals surface area contributed by atoms with Crippen molar-refractivity contribution in [2.24, 2.45) is 0 Å². The fourth-order valence-corrected chi connectivity index (χ4v) is 6.65. The molecule has 36 heavy (non-hydrogen) atoms. The second-order valence-electron chi connectivity index (χ2n) is 8.84. The van der Waals surface area contributed by atoms with E-state index in [0.29, 0.717) is 34.8 Å². The van der Waals surface area contributed by atoms with Gasteiger partial charge < -0.3 is 14.8 Å². The minimum atomic E-state index is -0.579. The van der Waals surface area contributed by atoms with E-state index in [1.54, 1.807) is 0 Å². The first kappa shape index (κ1) is 24.8. The van der Waals surface area contributed by atoms with E-state index in [4.69, 9.17) is 9.47 Å². The van der Waals surface area contributed by atoms with E-state index in [0.717, 1.165) is 30.4 Å². The molecule has 0 fully saturated rings. The lowest BCUT2D eigenvalue weighted by molar-refractivity contribution is -0.136. The first-order valence-corrected chi connectivity index (χ1v) is 13.3. The molecule has 1 heterocycles. The maximum atomic E-state index is 13.6. The number of Topliss-reactive ketones (excluding diaryl/α,β-unsaturated/α-hetero) is 1. The Morgan fingerprint density at radius 2 is 1.81 bits per heavy atom. The van der Waals surface area contributed by atoms with Crippen molar-refractivity contribution in [2.75, 3.05) is 7.11 Å². The average Bonchev–Trinajstić information content (AvgIpc) is 3.13. The molecule has 1 N–H and O–H groups in total. The third kappa shape index (κ3) is 4.28. The van der Waals surface area contributed by atoms with Crippen molar-refractivity contribution in [3.8, 4) is 5.75 Å². The summed E-state index contributed by atoms with van der Waals surface area (Å²) in [6.45, 7) is 4.32. The van der Waals surface area contributed by atoms with Gasteiger partial charge in [0.2, 0.25) is 0 Å². The number of nitrogens with one attached hydrogen (secondary N) is 1. The van der Waals surface area contributed by atoms with Crippen LogP contribution in [0, 0.1) is 10.5 Å². The third-order valence-electron chi connectivity index (χ3n) is 6.47. The minimum absolute atomic E-state index is 0.0853. The van der Waals surface area contributed by atoms with Crippen LogP contribution in [0.1, 0.15) is 45.5 Å². The normalized spacial score (nSPS) is 16.5. The number of ketones is 1. The number of benzene rings is 3. The maximum Gasteiger partial charge on any atom is 0.336 e. The zero-order valence-corrected chi connectivity index (χ0v) is 23.7. The van der Waals surface area contributed by atoms with E-state index < -0.39 is 11.9 Å². The first-order valence-electron chi connectivity index (χ1n) is 11.4. The lowest BCUT2D eigenvalue weighted by Gasteiger charge is -2.29. The maximum absolute atomic E-state index is 13.6. The van der Waals surface area contributed by atoms with Crippen LogP contribution in [0.4, 0.5) is 0 Å². The lowest BCUT2D eigenvalue weighted by Crippen LogP contribution is -2.29. The SMILES string of the molecule is COC(=O)C1=C(C)NC2=C(C(=O)c3ccccc32)[C@H]1c1cc(Br)c(OCc2cccc(C)c2)c(I)c1. The number of aryl methyl sites for hydroxylation is 1. The quantitative estimate of drug-likeness (QED) is 0.245. The van der Waals surface area contributed by atoms with Gasteiger partial charge in [-0.15, -0.1) is 0 Å². The van der Waals surface area contributed by atoms with Crippen LogP contribution in [0.25, 0.3) is 5.70 Å². The summed E-state index contributed by atoms with van der Waals surface area (Å²) in [7, 11) is 1.36. The molecule has 3 aromatic carbocycles. The van der Waals surface area contributed by atoms with Crippen LogP contribution >= 0.6 is 38.5 Å². The van der Waals surface area contributed by atoms with Gasteiger partial charge in [0.1, 0.15) is 12.4 Å². The summed E-state index contributed by atoms with van der Waals surface area (Å²) in [5.41, 5.74) is 6.93. The van der Waals surface area contributed by atoms with E-state index in [-0.39, 0.29) is 5.78 Å². The molecule has 7 heteroatoms. The van der Waals surface area contributed by atoms with E-state index in [1.807, 2.05) is 55.5 Å². The second kappa shape index (κ2) is 9.86. The van der Waals surface area contributed by atoms with Gasteiger partial charge in [0, 0.05) is 28.3 Å².